The van der Waals surface area contributed by atoms with E-state index in [0.717, 1.165) is 16.2 Å². The van der Waals surface area contributed by atoms with Crippen molar-refractivity contribution in [3.63, 3.8) is 0 Å². The van der Waals surface area contributed by atoms with E-state index in [4.69, 9.17) is 0 Å². The van der Waals surface area contributed by atoms with Gasteiger partial charge in [0.2, 0.25) is 0 Å². The van der Waals surface area contributed by atoms with Crippen LogP contribution in [0.2, 0.25) is 0 Å². The Morgan fingerprint density at radius 1 is 1.19 bits per heavy atom. The van der Waals surface area contributed by atoms with Crippen LogP contribution < -0.4 is 4.90 Å². The van der Waals surface area contributed by atoms with Crippen molar-refractivity contribution in [1.82, 2.24) is 0 Å². The van der Waals surface area contributed by atoms with E-state index in [0.29, 0.717) is 6.42 Å². The molecule has 2 aliphatic rings. The van der Waals surface area contributed by atoms with Crippen LogP contribution in [0.5, 0.6) is 0 Å². The lowest BCUT2D eigenvalue weighted by atomic mass is 10.0. The molecule has 0 saturated heterocycles. The summed E-state index contributed by atoms with van der Waals surface area (Å²) in [5.41, 5.74) is 2.13. The van der Waals surface area contributed by atoms with Crippen LogP contribution in [-0.2, 0) is 0 Å². The molecular weight excluding hydrogens is 201 g/mol. The molecule has 16 heavy (non-hydrogen) atoms. The van der Waals surface area contributed by atoms with E-state index in [-0.39, 0.29) is 0 Å². The summed E-state index contributed by atoms with van der Waals surface area (Å²) < 4.78 is 14.7. The van der Waals surface area contributed by atoms with E-state index >= 15 is 0 Å². The number of nitrogens with one attached hydrogen (secondary N) is 1. The summed E-state index contributed by atoms with van der Waals surface area (Å²) in [6.45, 7) is 0. The summed E-state index contributed by atoms with van der Waals surface area (Å²) in [7, 11) is 0. The molecule has 0 amide bonds. The summed E-state index contributed by atoms with van der Waals surface area (Å²) in [5.74, 6) is -1.34. The first-order valence-corrected chi connectivity index (χ1v) is 5.48. The van der Waals surface area contributed by atoms with E-state index in [1.54, 1.807) is 12.2 Å². The van der Waals surface area contributed by atoms with Gasteiger partial charge in [0.1, 0.15) is 11.9 Å². The molecule has 1 heterocycles. The topological polar surface area (TPSA) is 4.44 Å². The lowest BCUT2D eigenvalue weighted by Crippen LogP contribution is -3.10. The second-order valence-corrected chi connectivity index (χ2v) is 4.19. The Bertz CT molecular complexity index is 501. The highest BCUT2D eigenvalue weighted by molar-refractivity contribution is 5.63. The first-order valence-electron chi connectivity index (χ1n) is 5.48. The third kappa shape index (κ3) is 1.34. The number of allylic oxidation sites excluding steroid dienone is 2. The lowest BCUT2D eigenvalue weighted by molar-refractivity contribution is -0.848. The van der Waals surface area contributed by atoms with Crippen molar-refractivity contribution in [1.29, 1.82) is 0 Å². The molecule has 1 aromatic carbocycles. The molecule has 1 aromatic rings. The summed E-state index contributed by atoms with van der Waals surface area (Å²) in [6.07, 6.45) is 11.5. The fourth-order valence-corrected chi connectivity index (χ4v) is 2.31. The van der Waals surface area contributed by atoms with Gasteiger partial charge in [-0.25, -0.2) is 4.90 Å². The third-order valence-corrected chi connectivity index (χ3v) is 3.15. The van der Waals surface area contributed by atoms with Crippen molar-refractivity contribution < 1.29 is 9.29 Å². The Labute approximate surface area is 94.2 Å². The number of fused-ring (bicyclic) bond motifs is 1. The van der Waals surface area contributed by atoms with E-state index < -0.39 is 5.79 Å². The number of hydrogen-bond acceptors (Lipinski definition) is 0. The van der Waals surface area contributed by atoms with Crippen molar-refractivity contribution in [2.24, 2.45) is 0 Å². The van der Waals surface area contributed by atoms with Gasteiger partial charge in [-0.15, -0.1) is 0 Å². The molecule has 0 fully saturated rings. The van der Waals surface area contributed by atoms with Gasteiger partial charge in [0.15, 0.2) is 0 Å². The maximum atomic E-state index is 14.7. The zero-order valence-corrected chi connectivity index (χ0v) is 8.86. The molecule has 2 atom stereocenters. The number of benzene rings is 1. The minimum atomic E-state index is -1.34. The van der Waals surface area contributed by atoms with Gasteiger partial charge in [0.05, 0.1) is 6.42 Å². The van der Waals surface area contributed by atoms with Crippen molar-refractivity contribution in [3.05, 3.63) is 60.3 Å². The fourth-order valence-electron chi connectivity index (χ4n) is 2.31. The van der Waals surface area contributed by atoms with E-state index in [1.807, 2.05) is 48.7 Å². The second kappa shape index (κ2) is 3.42. The minimum absolute atomic E-state index is 0.428. The molecule has 1 N–H and O–H groups in total. The molecule has 80 valence electrons. The van der Waals surface area contributed by atoms with Crippen molar-refractivity contribution in [2.75, 3.05) is 0 Å². The molecule has 1 aliphatic heterocycles. The normalized spacial score (nSPS) is 30.7. The first-order chi connectivity index (χ1) is 7.80. The second-order valence-electron chi connectivity index (χ2n) is 4.19. The Balaban J connectivity index is 2.02. The molecule has 3 rings (SSSR count). The van der Waals surface area contributed by atoms with Gasteiger partial charge in [-0.2, -0.15) is 4.39 Å². The van der Waals surface area contributed by atoms with Gasteiger partial charge in [0.25, 0.3) is 5.79 Å². The molecule has 0 radical (unpaired) electrons. The fraction of sp³-hybridized carbons (Fsp3) is 0.143. The number of halogens is 1. The van der Waals surface area contributed by atoms with E-state index in [1.165, 1.54) is 0 Å². The predicted molar refractivity (Wildman–Crippen MR) is 62.8 cm³/mol. The van der Waals surface area contributed by atoms with Crippen LogP contribution in [0, 0.1) is 0 Å². The van der Waals surface area contributed by atoms with E-state index in [9.17, 15) is 4.39 Å². The van der Waals surface area contributed by atoms with Crippen LogP contribution in [0.15, 0.2) is 54.8 Å². The molecule has 0 bridgehead atoms. The smallest absolute Gasteiger partial charge is 0.241 e. The molecule has 0 spiro atoms. The highest BCUT2D eigenvalue weighted by Crippen LogP contribution is 2.24. The van der Waals surface area contributed by atoms with Crippen molar-refractivity contribution >= 4 is 11.8 Å². The van der Waals surface area contributed by atoms with Gasteiger partial charge < -0.3 is 0 Å². The summed E-state index contributed by atoms with van der Waals surface area (Å²) in [6, 6.07) is 7.94. The molecule has 0 saturated carbocycles. The standard InChI is InChI=1S/C14H12FN/c15-14(9-4-1-5-10-14)16-11-8-12-6-2-3-7-13(12)16/h1-9,11H,10H2/p+1. The molecule has 2 heteroatoms. The largest absolute Gasteiger partial charge is 0.272 e. The van der Waals surface area contributed by atoms with Crippen LogP contribution in [0.4, 0.5) is 10.1 Å². The molecular formula is C14H13FN+. The highest BCUT2D eigenvalue weighted by Gasteiger charge is 2.41. The lowest BCUT2D eigenvalue weighted by Gasteiger charge is -2.27. The SMILES string of the molecule is FC1([NH+]2C=Cc3ccccc32)C=CC=CC1. The van der Waals surface area contributed by atoms with E-state index in [2.05, 4.69) is 0 Å². The predicted octanol–water partition coefficient (Wildman–Crippen LogP) is 2.37. The van der Waals surface area contributed by atoms with Gasteiger partial charge in [-0.1, -0.05) is 30.4 Å². The number of hydrogen-bond donors (Lipinski definition) is 1. The number of para-hydroxylation sites is 1. The Morgan fingerprint density at radius 3 is 2.88 bits per heavy atom. The molecule has 1 nitrogen and oxygen atoms in total. The summed E-state index contributed by atoms with van der Waals surface area (Å²) >= 11 is 0. The zero-order chi connectivity index (χ0) is 11.0. The van der Waals surface area contributed by atoms with Gasteiger partial charge in [-0.05, 0) is 6.07 Å². The van der Waals surface area contributed by atoms with Gasteiger partial charge in [-0.3, -0.25) is 0 Å². The number of quaternary nitrogens is 1. The van der Waals surface area contributed by atoms with Crippen LogP contribution >= 0.6 is 0 Å². The van der Waals surface area contributed by atoms with Crippen LogP contribution in [0.25, 0.3) is 6.08 Å². The molecule has 1 aliphatic carbocycles. The van der Waals surface area contributed by atoms with Gasteiger partial charge >= 0.3 is 0 Å². The monoisotopic (exact) mass is 214 g/mol. The van der Waals surface area contributed by atoms with Crippen molar-refractivity contribution in [3.8, 4) is 0 Å². The van der Waals surface area contributed by atoms with Crippen molar-refractivity contribution in [2.45, 2.75) is 12.2 Å². The van der Waals surface area contributed by atoms with Gasteiger partial charge in [0, 0.05) is 23.8 Å². The number of rotatable bonds is 1. The molecule has 2 unspecified atom stereocenters. The maximum absolute atomic E-state index is 14.7. The minimum Gasteiger partial charge on any atom is -0.241 e. The highest BCUT2D eigenvalue weighted by atomic mass is 19.1. The van der Waals surface area contributed by atoms with Crippen LogP contribution in [0.1, 0.15) is 12.0 Å². The maximum Gasteiger partial charge on any atom is 0.272 e. The Hall–Kier alpha value is -1.67. The summed E-state index contributed by atoms with van der Waals surface area (Å²) in [4.78, 5) is 0.781. The average molecular weight is 214 g/mol. The quantitative estimate of drug-likeness (QED) is 0.684. The number of alkyl halides is 1. The molecule has 0 aromatic heterocycles. The zero-order valence-electron chi connectivity index (χ0n) is 8.86. The summed E-state index contributed by atoms with van der Waals surface area (Å²) in [5, 5.41) is 0. The third-order valence-electron chi connectivity index (χ3n) is 3.15. The van der Waals surface area contributed by atoms with Crippen LogP contribution in [0.3, 0.4) is 0 Å². The average Bonchev–Trinajstić information content (AvgIpc) is 2.74. The first kappa shape index (κ1) is 9.55. The Morgan fingerprint density at radius 2 is 2.06 bits per heavy atom. The van der Waals surface area contributed by atoms with Crippen LogP contribution in [-0.4, -0.2) is 5.79 Å². The Kier molecular flexibility index (Phi) is 2.04.